The van der Waals surface area contributed by atoms with Gasteiger partial charge in [0.05, 0.1) is 17.8 Å². The average Bonchev–Trinajstić information content (AvgIpc) is 3.60. The number of halogens is 5. The molecule has 1 amide bonds. The Morgan fingerprint density at radius 3 is 2.18 bits per heavy atom. The lowest BCUT2D eigenvalue weighted by atomic mass is 9.86. The summed E-state index contributed by atoms with van der Waals surface area (Å²) in [4.78, 5) is 17.8. The highest BCUT2D eigenvalue weighted by Crippen LogP contribution is 2.39. The first-order valence-electron chi connectivity index (χ1n) is 14.3. The van der Waals surface area contributed by atoms with Gasteiger partial charge in [0.25, 0.3) is 0 Å². The molecule has 0 spiro atoms. The molecule has 3 aliphatic rings. The third-order valence-electron chi connectivity index (χ3n) is 8.05. The summed E-state index contributed by atoms with van der Waals surface area (Å²) in [5.41, 5.74) is 1.39. The van der Waals surface area contributed by atoms with E-state index in [-0.39, 0.29) is 37.5 Å². The van der Waals surface area contributed by atoms with Gasteiger partial charge in [0.2, 0.25) is 11.8 Å². The fraction of sp³-hybridized carbons (Fsp3) is 0.467. The molecular weight excluding hydrogens is 603 g/mol. The minimum absolute atomic E-state index is 0.218. The third kappa shape index (κ3) is 7.80. The number of aromatic nitrogens is 3. The van der Waals surface area contributed by atoms with Gasteiger partial charge in [-0.3, -0.25) is 9.00 Å². The molecule has 0 atom stereocenters. The van der Waals surface area contributed by atoms with Crippen molar-refractivity contribution in [2.24, 2.45) is 5.92 Å². The predicted octanol–water partition coefficient (Wildman–Crippen LogP) is 5.51. The van der Waals surface area contributed by atoms with Crippen LogP contribution in [0.5, 0.6) is 0 Å². The average molecular weight is 635 g/mol. The number of rotatable bonds is 5. The summed E-state index contributed by atoms with van der Waals surface area (Å²) in [6.45, 7) is 1.56. The van der Waals surface area contributed by atoms with Crippen molar-refractivity contribution in [1.82, 2.24) is 20.1 Å². The highest BCUT2D eigenvalue weighted by atomic mass is 32.2. The van der Waals surface area contributed by atoms with Crippen LogP contribution in [0.2, 0.25) is 0 Å². The van der Waals surface area contributed by atoms with Gasteiger partial charge in [0.15, 0.2) is 5.82 Å². The normalized spacial score (nSPS) is 19.8. The van der Waals surface area contributed by atoms with Crippen molar-refractivity contribution in [3.63, 3.8) is 0 Å². The van der Waals surface area contributed by atoms with E-state index in [1.807, 2.05) is 24.3 Å². The number of anilines is 1. The number of alkyl halides is 5. The molecule has 3 fully saturated rings. The maximum absolute atomic E-state index is 12.9. The van der Waals surface area contributed by atoms with Gasteiger partial charge in [-0.25, -0.2) is 18.4 Å². The number of carbonyl (C=O) groups excluding carboxylic acids is 1. The molecule has 1 aromatic carbocycles. The summed E-state index contributed by atoms with van der Waals surface area (Å²) < 4.78 is 76.6. The number of nitriles is 1. The van der Waals surface area contributed by atoms with E-state index in [2.05, 4.69) is 26.4 Å². The zero-order valence-corrected chi connectivity index (χ0v) is 24.5. The molecule has 44 heavy (non-hydrogen) atoms. The maximum atomic E-state index is 12.9. The first-order valence-corrected chi connectivity index (χ1v) is 15.8. The number of nitrogens with one attached hydrogen (secondary N) is 1. The number of carbonyl (C=O) groups is 1. The van der Waals surface area contributed by atoms with E-state index in [0.717, 1.165) is 42.2 Å². The van der Waals surface area contributed by atoms with Crippen LogP contribution in [0, 0.1) is 17.2 Å². The van der Waals surface area contributed by atoms with Crippen LogP contribution in [-0.2, 0) is 21.8 Å². The van der Waals surface area contributed by atoms with Crippen LogP contribution in [0.1, 0.15) is 44.1 Å². The molecule has 0 radical (unpaired) electrons. The molecule has 2 aromatic heterocycles. The van der Waals surface area contributed by atoms with E-state index in [0.29, 0.717) is 30.2 Å². The summed E-state index contributed by atoms with van der Waals surface area (Å²) in [6, 6.07) is 12.3. The predicted molar refractivity (Wildman–Crippen MR) is 155 cm³/mol. The second-order valence-corrected chi connectivity index (χ2v) is 13.0. The Balaban J connectivity index is 0.000000204. The topological polar surface area (TPSA) is 104 Å². The number of nitrogens with zero attached hydrogens (tertiary/aromatic N) is 5. The lowest BCUT2D eigenvalue weighted by molar-refractivity contribution is -0.137. The summed E-state index contributed by atoms with van der Waals surface area (Å²) in [5, 5.41) is 15.7. The highest BCUT2D eigenvalue weighted by Gasteiger charge is 2.46. The van der Waals surface area contributed by atoms with Gasteiger partial charge < -0.3 is 10.2 Å². The van der Waals surface area contributed by atoms with Crippen molar-refractivity contribution in [1.29, 1.82) is 5.26 Å². The van der Waals surface area contributed by atoms with Crippen molar-refractivity contribution in [2.45, 2.75) is 56.2 Å². The Morgan fingerprint density at radius 1 is 0.977 bits per heavy atom. The van der Waals surface area contributed by atoms with Crippen LogP contribution >= 0.6 is 0 Å². The number of hydrogen-bond donors (Lipinski definition) is 1. The standard InChI is InChI=1S/C19H17F3N4OS.C11H14F2N2O/c20-19(21,22)16-3-6-18(23-12-16)26-13-15(11-24-26)14-1-4-17(5-2-14)25-7-9-28(27)10-8-25;12-11(13)3-1-8(2-4-11)9(16)15-10(7-14)5-6-10/h1-6,11-13H,7-10H2;8H,1-6H2,(H,15,16). The first kappa shape index (κ1) is 31.6. The maximum Gasteiger partial charge on any atom is 0.417 e. The van der Waals surface area contributed by atoms with E-state index < -0.39 is 34.0 Å². The second kappa shape index (κ2) is 12.6. The van der Waals surface area contributed by atoms with Gasteiger partial charge >= 0.3 is 6.18 Å². The highest BCUT2D eigenvalue weighted by molar-refractivity contribution is 7.85. The molecule has 3 aromatic rings. The summed E-state index contributed by atoms with van der Waals surface area (Å²) in [5.74, 6) is -1.48. The third-order valence-corrected chi connectivity index (χ3v) is 9.33. The minimum atomic E-state index is -4.41. The smallest absolute Gasteiger partial charge is 0.370 e. The molecule has 1 saturated heterocycles. The van der Waals surface area contributed by atoms with Crippen LogP contribution < -0.4 is 10.2 Å². The summed E-state index contributed by atoms with van der Waals surface area (Å²) in [7, 11) is -0.712. The monoisotopic (exact) mass is 634 g/mol. The van der Waals surface area contributed by atoms with Crippen LogP contribution in [0.25, 0.3) is 16.9 Å². The SMILES string of the molecule is N#CC1(NC(=O)C2CCC(F)(F)CC2)CC1.O=S1CCN(c2ccc(-c3cnn(-c4ccc(C(F)(F)F)cn4)c3)cc2)CC1. The lowest BCUT2D eigenvalue weighted by Gasteiger charge is -2.28. The van der Waals surface area contributed by atoms with Crippen LogP contribution in [0.15, 0.2) is 55.0 Å². The van der Waals surface area contributed by atoms with Gasteiger partial charge in [-0.05, 0) is 55.5 Å². The van der Waals surface area contributed by atoms with E-state index in [9.17, 15) is 31.0 Å². The minimum Gasteiger partial charge on any atom is -0.370 e. The van der Waals surface area contributed by atoms with E-state index >= 15 is 0 Å². The van der Waals surface area contributed by atoms with Crippen molar-refractivity contribution >= 4 is 22.4 Å². The van der Waals surface area contributed by atoms with Gasteiger partial charge in [-0.2, -0.15) is 23.5 Å². The Morgan fingerprint density at radius 2 is 1.64 bits per heavy atom. The Hall–Kier alpha value is -3.86. The molecule has 6 rings (SSSR count). The first-order chi connectivity index (χ1) is 20.9. The van der Waals surface area contributed by atoms with Crippen LogP contribution in [0.4, 0.5) is 27.6 Å². The van der Waals surface area contributed by atoms with E-state index in [1.54, 1.807) is 12.4 Å². The molecule has 234 valence electrons. The van der Waals surface area contributed by atoms with Crippen molar-refractivity contribution in [3.05, 3.63) is 60.6 Å². The Bertz CT molecular complexity index is 1510. The molecule has 2 saturated carbocycles. The van der Waals surface area contributed by atoms with Crippen molar-refractivity contribution in [3.8, 4) is 23.0 Å². The Kier molecular flexibility index (Phi) is 9.06. The molecular formula is C30H31F5N6O2S. The largest absolute Gasteiger partial charge is 0.417 e. The zero-order chi connectivity index (χ0) is 31.5. The molecule has 8 nitrogen and oxygen atoms in total. The fourth-order valence-electron chi connectivity index (χ4n) is 5.08. The molecule has 0 bridgehead atoms. The van der Waals surface area contributed by atoms with Gasteiger partial charge in [0, 0.05) is 77.8 Å². The zero-order valence-electron chi connectivity index (χ0n) is 23.7. The van der Waals surface area contributed by atoms with Crippen LogP contribution in [-0.4, -0.2) is 60.9 Å². The van der Waals surface area contributed by atoms with Gasteiger partial charge in [-0.1, -0.05) is 12.1 Å². The summed E-state index contributed by atoms with van der Waals surface area (Å²) in [6.07, 6.45) is 1.14. The molecule has 2 aliphatic carbocycles. The van der Waals surface area contributed by atoms with E-state index in [4.69, 9.17) is 5.26 Å². The van der Waals surface area contributed by atoms with Gasteiger partial charge in [-0.15, -0.1) is 0 Å². The molecule has 14 heteroatoms. The molecule has 1 N–H and O–H groups in total. The van der Waals surface area contributed by atoms with E-state index in [1.165, 1.54) is 10.7 Å². The molecule has 1 aliphatic heterocycles. The van der Waals surface area contributed by atoms with Crippen molar-refractivity contribution in [2.75, 3.05) is 29.5 Å². The lowest BCUT2D eigenvalue weighted by Crippen LogP contribution is -2.42. The molecule has 3 heterocycles. The number of pyridine rings is 1. The number of hydrogen-bond acceptors (Lipinski definition) is 6. The molecule has 0 unspecified atom stereocenters. The van der Waals surface area contributed by atoms with Crippen LogP contribution in [0.3, 0.4) is 0 Å². The second-order valence-electron chi connectivity index (χ2n) is 11.3. The quantitative estimate of drug-likeness (QED) is 0.372. The Labute approximate surface area is 253 Å². The number of benzene rings is 1. The number of amides is 1. The fourth-order valence-corrected chi connectivity index (χ4v) is 6.13. The summed E-state index contributed by atoms with van der Waals surface area (Å²) >= 11 is 0. The van der Waals surface area contributed by atoms with Crippen molar-refractivity contribution < 1.29 is 31.0 Å². The van der Waals surface area contributed by atoms with Gasteiger partial charge in [0.1, 0.15) is 5.54 Å².